The summed E-state index contributed by atoms with van der Waals surface area (Å²) in [5, 5.41) is 10.9. The van der Waals surface area contributed by atoms with E-state index in [2.05, 4.69) is 0 Å². The van der Waals surface area contributed by atoms with Crippen molar-refractivity contribution < 1.29 is 14.3 Å². The molecule has 21 heavy (non-hydrogen) atoms. The highest BCUT2D eigenvalue weighted by Gasteiger charge is 2.14. The molecule has 0 bridgehead atoms. The summed E-state index contributed by atoms with van der Waals surface area (Å²) in [4.78, 5) is 11.1. The molecule has 0 saturated heterocycles. The average Bonchev–Trinajstić information content (AvgIpc) is 2.48. The van der Waals surface area contributed by atoms with Gasteiger partial charge in [-0.15, -0.1) is 0 Å². The number of hydrogen-bond acceptors (Lipinski definition) is 1. The molecule has 0 amide bonds. The maximum absolute atomic E-state index is 14.1. The first-order valence-electron chi connectivity index (χ1n) is 6.28. The van der Waals surface area contributed by atoms with Gasteiger partial charge in [-0.2, -0.15) is 0 Å². The quantitative estimate of drug-likeness (QED) is 0.723. The van der Waals surface area contributed by atoms with Gasteiger partial charge in [-0.1, -0.05) is 41.9 Å². The normalized spacial score (nSPS) is 10.8. The van der Waals surface area contributed by atoms with Crippen molar-refractivity contribution in [2.24, 2.45) is 0 Å². The summed E-state index contributed by atoms with van der Waals surface area (Å²) < 4.78 is 14.1. The Labute approximate surface area is 125 Å². The van der Waals surface area contributed by atoms with E-state index in [1.165, 1.54) is 18.2 Å². The second kappa shape index (κ2) is 5.19. The first kappa shape index (κ1) is 13.6. The molecule has 0 aliphatic carbocycles. The highest BCUT2D eigenvalue weighted by Crippen LogP contribution is 2.36. The van der Waals surface area contributed by atoms with Crippen molar-refractivity contribution in [1.29, 1.82) is 0 Å². The zero-order chi connectivity index (χ0) is 15.0. The van der Waals surface area contributed by atoms with Crippen molar-refractivity contribution in [2.75, 3.05) is 0 Å². The molecule has 0 atom stereocenters. The third-order valence-corrected chi connectivity index (χ3v) is 3.68. The highest BCUT2D eigenvalue weighted by atomic mass is 35.5. The fourth-order valence-electron chi connectivity index (χ4n) is 2.36. The lowest BCUT2D eigenvalue weighted by Crippen LogP contribution is -1.96. The van der Waals surface area contributed by atoms with E-state index in [0.717, 1.165) is 5.39 Å². The van der Waals surface area contributed by atoms with Crippen LogP contribution >= 0.6 is 11.6 Å². The minimum absolute atomic E-state index is 0.141. The van der Waals surface area contributed by atoms with Crippen molar-refractivity contribution in [1.82, 2.24) is 0 Å². The Morgan fingerprint density at radius 2 is 1.76 bits per heavy atom. The van der Waals surface area contributed by atoms with Crippen LogP contribution in [0.2, 0.25) is 5.02 Å². The standard InChI is InChI=1S/C17H10ClFO2/c18-14-8-7-10-5-6-11(17(20)21)9-13(10)16(14)12-3-1-2-4-15(12)19/h1-9H,(H,20,21). The first-order valence-corrected chi connectivity index (χ1v) is 6.66. The number of carboxylic acids is 1. The summed E-state index contributed by atoms with van der Waals surface area (Å²) in [6, 6.07) is 14.5. The smallest absolute Gasteiger partial charge is 0.335 e. The minimum atomic E-state index is -1.03. The lowest BCUT2D eigenvalue weighted by Gasteiger charge is -2.11. The van der Waals surface area contributed by atoms with Crippen LogP contribution in [0, 0.1) is 5.82 Å². The van der Waals surface area contributed by atoms with Gasteiger partial charge in [-0.3, -0.25) is 0 Å². The van der Waals surface area contributed by atoms with Crippen LogP contribution in [-0.4, -0.2) is 11.1 Å². The van der Waals surface area contributed by atoms with Crippen molar-refractivity contribution >= 4 is 28.3 Å². The molecule has 0 aliphatic heterocycles. The molecule has 2 nitrogen and oxygen atoms in total. The van der Waals surface area contributed by atoms with Crippen LogP contribution in [0.3, 0.4) is 0 Å². The van der Waals surface area contributed by atoms with E-state index < -0.39 is 11.8 Å². The van der Waals surface area contributed by atoms with E-state index in [1.54, 1.807) is 36.4 Å². The van der Waals surface area contributed by atoms with Gasteiger partial charge in [-0.05, 0) is 35.0 Å². The molecule has 0 aliphatic rings. The first-order chi connectivity index (χ1) is 10.1. The van der Waals surface area contributed by atoms with Crippen molar-refractivity contribution in [3.63, 3.8) is 0 Å². The average molecular weight is 301 g/mol. The van der Waals surface area contributed by atoms with E-state index in [0.29, 0.717) is 21.5 Å². The lowest BCUT2D eigenvalue weighted by atomic mass is 9.96. The Bertz CT molecular complexity index is 859. The molecule has 3 aromatic rings. The summed E-state index contributed by atoms with van der Waals surface area (Å²) >= 11 is 6.23. The lowest BCUT2D eigenvalue weighted by molar-refractivity contribution is 0.0697. The number of carboxylic acid groups (broad SMARTS) is 1. The SMILES string of the molecule is O=C(O)c1ccc2ccc(Cl)c(-c3ccccc3F)c2c1. The molecule has 0 spiro atoms. The molecule has 0 aromatic heterocycles. The van der Waals surface area contributed by atoms with Crippen LogP contribution < -0.4 is 0 Å². The summed E-state index contributed by atoms with van der Waals surface area (Å²) in [6.07, 6.45) is 0. The zero-order valence-electron chi connectivity index (χ0n) is 10.8. The molecular formula is C17H10ClFO2. The van der Waals surface area contributed by atoms with Gasteiger partial charge in [0.05, 0.1) is 5.56 Å². The summed E-state index contributed by atoms with van der Waals surface area (Å²) in [6.45, 7) is 0. The third-order valence-electron chi connectivity index (χ3n) is 3.36. The van der Waals surface area contributed by atoms with Crippen molar-refractivity contribution in [3.8, 4) is 11.1 Å². The predicted molar refractivity (Wildman–Crippen MR) is 81.3 cm³/mol. The molecular weight excluding hydrogens is 291 g/mol. The Balaban J connectivity index is 2.40. The number of benzene rings is 3. The molecule has 0 heterocycles. The summed E-state index contributed by atoms with van der Waals surface area (Å²) in [7, 11) is 0. The topological polar surface area (TPSA) is 37.3 Å². The van der Waals surface area contributed by atoms with Crippen LogP contribution in [0.1, 0.15) is 10.4 Å². The van der Waals surface area contributed by atoms with Crippen LogP contribution in [0.25, 0.3) is 21.9 Å². The maximum Gasteiger partial charge on any atom is 0.335 e. The summed E-state index contributed by atoms with van der Waals surface area (Å²) in [5.41, 5.74) is 1.01. The monoisotopic (exact) mass is 300 g/mol. The Morgan fingerprint density at radius 1 is 1.05 bits per heavy atom. The van der Waals surface area contributed by atoms with Crippen LogP contribution in [0.5, 0.6) is 0 Å². The number of carbonyl (C=O) groups is 1. The van der Waals surface area contributed by atoms with E-state index in [1.807, 2.05) is 0 Å². The molecule has 3 rings (SSSR count). The number of halogens is 2. The second-order valence-electron chi connectivity index (χ2n) is 4.64. The van der Waals surface area contributed by atoms with Gasteiger partial charge >= 0.3 is 5.97 Å². The number of hydrogen-bond donors (Lipinski definition) is 1. The molecule has 3 aromatic carbocycles. The van der Waals surface area contributed by atoms with Gasteiger partial charge < -0.3 is 5.11 Å². The van der Waals surface area contributed by atoms with Gasteiger partial charge in [0.15, 0.2) is 0 Å². The van der Waals surface area contributed by atoms with Gasteiger partial charge in [0.2, 0.25) is 0 Å². The van der Waals surface area contributed by atoms with Crippen LogP contribution in [-0.2, 0) is 0 Å². The van der Waals surface area contributed by atoms with Gasteiger partial charge in [0.1, 0.15) is 5.82 Å². The van der Waals surface area contributed by atoms with Gasteiger partial charge in [0, 0.05) is 16.1 Å². The highest BCUT2D eigenvalue weighted by molar-refractivity contribution is 6.35. The van der Waals surface area contributed by atoms with Gasteiger partial charge in [-0.25, -0.2) is 9.18 Å². The van der Waals surface area contributed by atoms with Gasteiger partial charge in [0.25, 0.3) is 0 Å². The van der Waals surface area contributed by atoms with Crippen molar-refractivity contribution in [3.05, 3.63) is 71.0 Å². The molecule has 4 heteroatoms. The number of aromatic carboxylic acids is 1. The number of fused-ring (bicyclic) bond motifs is 1. The van der Waals surface area contributed by atoms with Crippen LogP contribution in [0.15, 0.2) is 54.6 Å². The van der Waals surface area contributed by atoms with E-state index in [9.17, 15) is 9.18 Å². The number of rotatable bonds is 2. The Morgan fingerprint density at radius 3 is 2.48 bits per heavy atom. The minimum Gasteiger partial charge on any atom is -0.478 e. The zero-order valence-corrected chi connectivity index (χ0v) is 11.6. The third kappa shape index (κ3) is 2.36. The fourth-order valence-corrected chi connectivity index (χ4v) is 2.63. The molecule has 104 valence electrons. The molecule has 0 unspecified atom stereocenters. The van der Waals surface area contributed by atoms with E-state index >= 15 is 0 Å². The second-order valence-corrected chi connectivity index (χ2v) is 5.05. The van der Waals surface area contributed by atoms with E-state index in [4.69, 9.17) is 16.7 Å². The molecule has 0 radical (unpaired) electrons. The maximum atomic E-state index is 14.1. The molecule has 0 saturated carbocycles. The Kier molecular flexibility index (Phi) is 3.35. The van der Waals surface area contributed by atoms with E-state index in [-0.39, 0.29) is 5.56 Å². The van der Waals surface area contributed by atoms with Crippen LogP contribution in [0.4, 0.5) is 4.39 Å². The van der Waals surface area contributed by atoms with Crippen molar-refractivity contribution in [2.45, 2.75) is 0 Å². The summed E-state index contributed by atoms with van der Waals surface area (Å²) in [5.74, 6) is -1.43. The largest absolute Gasteiger partial charge is 0.478 e. The Hall–Kier alpha value is -2.39. The predicted octanol–water partition coefficient (Wildman–Crippen LogP) is 5.00. The fraction of sp³-hybridized carbons (Fsp3) is 0. The molecule has 0 fully saturated rings. The molecule has 1 N–H and O–H groups in total.